The lowest BCUT2D eigenvalue weighted by atomic mass is 9.94. The van der Waals surface area contributed by atoms with Gasteiger partial charge in [0.15, 0.2) is 0 Å². The highest BCUT2D eigenvalue weighted by atomic mass is 16.2. The molecule has 3 rings (SSSR count). The highest BCUT2D eigenvalue weighted by Crippen LogP contribution is 2.36. The van der Waals surface area contributed by atoms with Crippen molar-refractivity contribution in [2.75, 3.05) is 12.3 Å². The maximum absolute atomic E-state index is 12.7. The molecule has 0 saturated heterocycles. The topological polar surface area (TPSA) is 120 Å². The van der Waals surface area contributed by atoms with E-state index >= 15 is 0 Å². The minimum Gasteiger partial charge on any atom is -0.398 e. The van der Waals surface area contributed by atoms with Gasteiger partial charge in [-0.25, -0.2) is 0 Å². The molecule has 0 unspecified atom stereocenters. The largest absolute Gasteiger partial charge is 0.398 e. The summed E-state index contributed by atoms with van der Waals surface area (Å²) in [5.74, 6) is -0.217. The van der Waals surface area contributed by atoms with Crippen LogP contribution in [0.1, 0.15) is 21.5 Å². The Morgan fingerprint density at radius 1 is 1.36 bits per heavy atom. The molecule has 0 aliphatic carbocycles. The van der Waals surface area contributed by atoms with Crippen LogP contribution in [-0.2, 0) is 6.54 Å². The summed E-state index contributed by atoms with van der Waals surface area (Å²) in [5, 5.41) is 16.5. The van der Waals surface area contributed by atoms with Crippen LogP contribution in [0, 0.1) is 16.7 Å². The molecule has 124 valence electrons. The fourth-order valence-corrected chi connectivity index (χ4v) is 3.02. The number of nitrogens with one attached hydrogen (secondary N) is 1. The van der Waals surface area contributed by atoms with Gasteiger partial charge in [-0.2, -0.15) is 5.26 Å². The minimum atomic E-state index is -0.200. The molecular weight excluding hydrogens is 314 g/mol. The Labute approximate surface area is 145 Å². The monoisotopic (exact) mass is 331 g/mol. The van der Waals surface area contributed by atoms with Crippen molar-refractivity contribution in [3.8, 4) is 17.2 Å². The first-order chi connectivity index (χ1) is 11.9. The van der Waals surface area contributed by atoms with Crippen molar-refractivity contribution in [2.24, 2.45) is 5.73 Å². The third-order valence-corrected chi connectivity index (χ3v) is 4.22. The first kappa shape index (κ1) is 16.3. The molecule has 1 aliphatic rings. The number of nitrogen functional groups attached to an aromatic ring is 2. The third kappa shape index (κ3) is 2.83. The van der Waals surface area contributed by atoms with Crippen molar-refractivity contribution in [3.63, 3.8) is 0 Å². The number of hydrogen-bond donors (Lipinski definition) is 3. The molecule has 0 spiro atoms. The molecule has 1 aliphatic heterocycles. The molecular formula is C19H17N5O. The van der Waals surface area contributed by atoms with Crippen LogP contribution in [0.25, 0.3) is 11.1 Å². The van der Waals surface area contributed by atoms with Crippen molar-refractivity contribution < 1.29 is 4.79 Å². The van der Waals surface area contributed by atoms with E-state index in [9.17, 15) is 4.79 Å². The number of anilines is 1. The Bertz CT molecular complexity index is 955. The van der Waals surface area contributed by atoms with Gasteiger partial charge in [-0.3, -0.25) is 10.2 Å². The molecule has 0 atom stereocenters. The summed E-state index contributed by atoms with van der Waals surface area (Å²) in [5.41, 5.74) is 16.0. The zero-order valence-corrected chi connectivity index (χ0v) is 13.5. The Morgan fingerprint density at radius 3 is 2.80 bits per heavy atom. The average molecular weight is 331 g/mol. The minimum absolute atomic E-state index is 0.0167. The number of nitrogens with two attached hydrogens (primary N) is 2. The first-order valence-electron chi connectivity index (χ1n) is 7.65. The summed E-state index contributed by atoms with van der Waals surface area (Å²) in [7, 11) is 0. The molecule has 0 bridgehead atoms. The van der Waals surface area contributed by atoms with Crippen LogP contribution in [0.3, 0.4) is 0 Å². The number of carbonyl (C=O) groups excluding carboxylic acids is 1. The van der Waals surface area contributed by atoms with E-state index in [-0.39, 0.29) is 18.3 Å². The second-order valence-corrected chi connectivity index (χ2v) is 5.93. The molecule has 25 heavy (non-hydrogen) atoms. The normalized spacial score (nSPS) is 12.6. The molecule has 1 amide bonds. The highest BCUT2D eigenvalue weighted by Gasteiger charge is 2.32. The maximum atomic E-state index is 12.7. The van der Waals surface area contributed by atoms with Crippen LogP contribution >= 0.6 is 0 Å². The van der Waals surface area contributed by atoms with E-state index in [0.717, 1.165) is 16.7 Å². The number of nitrogens with zero attached hydrogens (tertiary/aromatic N) is 2. The van der Waals surface area contributed by atoms with Gasteiger partial charge >= 0.3 is 0 Å². The van der Waals surface area contributed by atoms with Gasteiger partial charge in [-0.05, 0) is 28.8 Å². The quantitative estimate of drug-likeness (QED) is 0.344. The van der Waals surface area contributed by atoms with E-state index in [1.807, 2.05) is 30.3 Å². The van der Waals surface area contributed by atoms with Crippen LogP contribution in [0.5, 0.6) is 0 Å². The number of fused-ring (bicyclic) bond motifs is 1. The predicted molar refractivity (Wildman–Crippen MR) is 96.8 cm³/mol. The van der Waals surface area contributed by atoms with Gasteiger partial charge in [0.2, 0.25) is 0 Å². The molecule has 0 radical (unpaired) electrons. The van der Waals surface area contributed by atoms with Crippen molar-refractivity contribution >= 4 is 17.4 Å². The molecule has 0 fully saturated rings. The number of rotatable bonds is 4. The number of benzene rings is 2. The molecule has 0 aromatic heterocycles. The lowest BCUT2D eigenvalue weighted by Gasteiger charge is -2.14. The summed E-state index contributed by atoms with van der Waals surface area (Å²) >= 11 is 0. The van der Waals surface area contributed by atoms with Gasteiger partial charge in [0, 0.05) is 23.4 Å². The lowest BCUT2D eigenvalue weighted by Crippen LogP contribution is -2.26. The highest BCUT2D eigenvalue weighted by molar-refractivity contribution is 6.05. The van der Waals surface area contributed by atoms with Crippen molar-refractivity contribution in [1.29, 1.82) is 10.7 Å². The Balaban J connectivity index is 2.08. The van der Waals surface area contributed by atoms with Gasteiger partial charge in [0.25, 0.3) is 5.91 Å². The van der Waals surface area contributed by atoms with Gasteiger partial charge in [-0.1, -0.05) is 30.8 Å². The summed E-state index contributed by atoms with van der Waals surface area (Å²) in [6.07, 6.45) is 0. The number of nitriles is 1. The summed E-state index contributed by atoms with van der Waals surface area (Å²) in [6, 6.07) is 12.8. The zero-order chi connectivity index (χ0) is 18.1. The number of carbonyl (C=O) groups is 1. The Hall–Kier alpha value is -3.59. The maximum Gasteiger partial charge on any atom is 0.256 e. The van der Waals surface area contributed by atoms with Gasteiger partial charge in [0.1, 0.15) is 5.84 Å². The fourth-order valence-electron chi connectivity index (χ4n) is 3.02. The van der Waals surface area contributed by atoms with Crippen LogP contribution in [0.15, 0.2) is 48.6 Å². The average Bonchev–Trinajstić information content (AvgIpc) is 2.92. The van der Waals surface area contributed by atoms with Gasteiger partial charge in [0.05, 0.1) is 18.2 Å². The molecule has 2 aromatic carbocycles. The van der Waals surface area contributed by atoms with Crippen LogP contribution in [-0.4, -0.2) is 23.2 Å². The fraction of sp³-hybridized carbons (Fsp3) is 0.105. The van der Waals surface area contributed by atoms with Crippen molar-refractivity contribution in [3.05, 3.63) is 65.2 Å². The Kier molecular flexibility index (Phi) is 3.99. The van der Waals surface area contributed by atoms with Crippen molar-refractivity contribution in [2.45, 2.75) is 6.54 Å². The zero-order valence-electron chi connectivity index (χ0n) is 13.5. The number of amides is 1. The first-order valence-corrected chi connectivity index (χ1v) is 7.65. The van der Waals surface area contributed by atoms with Crippen LogP contribution in [0.4, 0.5) is 5.69 Å². The molecule has 2 aromatic rings. The van der Waals surface area contributed by atoms with E-state index in [2.05, 4.69) is 6.58 Å². The molecule has 0 saturated carbocycles. The summed E-state index contributed by atoms with van der Waals surface area (Å²) in [4.78, 5) is 14.2. The third-order valence-electron chi connectivity index (χ3n) is 4.22. The summed E-state index contributed by atoms with van der Waals surface area (Å²) in [6.45, 7) is 4.18. The molecule has 5 N–H and O–H groups in total. The van der Waals surface area contributed by atoms with Crippen LogP contribution < -0.4 is 11.5 Å². The number of hydrogen-bond acceptors (Lipinski definition) is 4. The summed E-state index contributed by atoms with van der Waals surface area (Å²) < 4.78 is 0. The standard InChI is InChI=1S/C19H17N5O/c1-11(8-20)9-24-10-15-14(5-6-16(21)17(15)19(24)25)12-3-2-4-13(7-12)18(22)23/h2-7H,1,9-10,21H2,(H3,22,23). The SMILES string of the molecule is C=C(C#N)CN1Cc2c(-c3cccc(C(=N)N)c3)ccc(N)c2C1=O. The van der Waals surface area contributed by atoms with E-state index in [4.69, 9.17) is 22.1 Å². The molecule has 6 nitrogen and oxygen atoms in total. The Morgan fingerprint density at radius 2 is 2.12 bits per heavy atom. The second kappa shape index (κ2) is 6.13. The lowest BCUT2D eigenvalue weighted by molar-refractivity contribution is 0.0795. The smallest absolute Gasteiger partial charge is 0.256 e. The van der Waals surface area contributed by atoms with Gasteiger partial charge in [-0.15, -0.1) is 0 Å². The van der Waals surface area contributed by atoms with Crippen molar-refractivity contribution in [1.82, 2.24) is 4.90 Å². The van der Waals surface area contributed by atoms with Crippen LogP contribution in [0.2, 0.25) is 0 Å². The van der Waals surface area contributed by atoms with E-state index in [1.54, 1.807) is 17.0 Å². The van der Waals surface area contributed by atoms with E-state index < -0.39 is 0 Å². The predicted octanol–water partition coefficient (Wildman–Crippen LogP) is 2.26. The molecule has 6 heteroatoms. The molecule has 1 heterocycles. The van der Waals surface area contributed by atoms with E-state index in [0.29, 0.717) is 28.9 Å². The second-order valence-electron chi connectivity index (χ2n) is 5.93. The van der Waals surface area contributed by atoms with E-state index in [1.165, 1.54) is 0 Å². The number of amidine groups is 1. The van der Waals surface area contributed by atoms with Gasteiger partial charge < -0.3 is 16.4 Å².